The van der Waals surface area contributed by atoms with E-state index in [1.165, 1.54) is 48.7 Å². The van der Waals surface area contributed by atoms with Crippen molar-refractivity contribution in [2.45, 2.75) is 17.6 Å². The molecule has 10 nitrogen and oxygen atoms in total. The van der Waals surface area contributed by atoms with Crippen LogP contribution in [0.5, 0.6) is 17.4 Å². The van der Waals surface area contributed by atoms with E-state index in [1.54, 1.807) is 29.2 Å². The molecule has 16 heteroatoms. The number of carbonyl (C=O) groups excluding carboxylic acids is 1. The summed E-state index contributed by atoms with van der Waals surface area (Å²) in [6.45, 7) is 1.59. The molecule has 0 bridgehead atoms. The highest BCUT2D eigenvalue weighted by Crippen LogP contribution is 2.29. The van der Waals surface area contributed by atoms with Crippen LogP contribution in [0.4, 0.5) is 18.9 Å². The fourth-order valence-electron chi connectivity index (χ4n) is 5.48. The first-order chi connectivity index (χ1) is 23.7. The predicted molar refractivity (Wildman–Crippen MR) is 184 cm³/mol. The zero-order chi connectivity index (χ0) is 35.6. The number of piperazine rings is 1. The number of nitrogens with zero attached hydrogens (tertiary/aromatic N) is 4. The van der Waals surface area contributed by atoms with Crippen LogP contribution in [0.15, 0.2) is 90.0 Å². The minimum atomic E-state index is -4.39. The number of pyridine rings is 1. The number of aromatic nitrogens is 2. The highest BCUT2D eigenvalue weighted by atomic mass is 35.5. The Labute approximate surface area is 296 Å². The molecule has 0 aliphatic carbocycles. The summed E-state index contributed by atoms with van der Waals surface area (Å²) >= 11 is 11.9. The summed E-state index contributed by atoms with van der Waals surface area (Å²) < 4.78 is 77.7. The standard InChI is InChI=1S/C34H30Cl2F3N5O5S/c1-42-30-18-28(49-32-9-5-26(19-40-32)41-50(46,47)29-16-24(35)15-25(36)17-29)8-4-23(30)14-31(42)33(45)44-12-10-43(11-13-44)20-22-2-6-27(7-3-22)48-21-34(37,38)39/h2-9,14-19,41H,10-13,20-21H2,1H3. The van der Waals surface area contributed by atoms with Gasteiger partial charge in [-0.3, -0.25) is 14.4 Å². The molecule has 1 aliphatic heterocycles. The molecule has 1 N–H and O–H groups in total. The summed E-state index contributed by atoms with van der Waals surface area (Å²) in [7, 11) is -2.15. The molecule has 0 saturated carbocycles. The van der Waals surface area contributed by atoms with Crippen molar-refractivity contribution in [1.29, 1.82) is 0 Å². The number of fused-ring (bicyclic) bond motifs is 1. The molecule has 2 aromatic heterocycles. The van der Waals surface area contributed by atoms with Gasteiger partial charge in [-0.25, -0.2) is 13.4 Å². The number of aryl methyl sites for hydroxylation is 1. The molecule has 1 saturated heterocycles. The Kier molecular flexibility index (Phi) is 10.2. The first-order valence-electron chi connectivity index (χ1n) is 15.2. The van der Waals surface area contributed by atoms with Crippen molar-refractivity contribution in [2.24, 2.45) is 7.05 Å². The lowest BCUT2D eigenvalue weighted by Crippen LogP contribution is -2.48. The average Bonchev–Trinajstić information content (AvgIpc) is 3.40. The van der Waals surface area contributed by atoms with Crippen LogP contribution in [-0.4, -0.2) is 72.6 Å². The van der Waals surface area contributed by atoms with Crippen LogP contribution in [0.25, 0.3) is 10.9 Å². The van der Waals surface area contributed by atoms with Gasteiger partial charge in [0, 0.05) is 67.3 Å². The van der Waals surface area contributed by atoms with Gasteiger partial charge in [0.2, 0.25) is 5.88 Å². The maximum absolute atomic E-state index is 13.5. The van der Waals surface area contributed by atoms with Crippen molar-refractivity contribution >= 4 is 55.7 Å². The number of benzene rings is 3. The first-order valence-corrected chi connectivity index (χ1v) is 17.5. The van der Waals surface area contributed by atoms with Crippen molar-refractivity contribution in [3.8, 4) is 17.4 Å². The molecular formula is C34H30Cl2F3N5O5S. The summed E-state index contributed by atoms with van der Waals surface area (Å²) in [6.07, 6.45) is -3.07. The Hall–Kier alpha value is -4.50. The number of nitrogens with one attached hydrogen (secondary N) is 1. The Morgan fingerprint density at radius 3 is 2.22 bits per heavy atom. The van der Waals surface area contributed by atoms with Gasteiger partial charge in [0.15, 0.2) is 6.61 Å². The van der Waals surface area contributed by atoms with Crippen molar-refractivity contribution in [3.05, 3.63) is 106 Å². The second-order valence-electron chi connectivity index (χ2n) is 11.6. The number of alkyl halides is 3. The van der Waals surface area contributed by atoms with E-state index >= 15 is 0 Å². The quantitative estimate of drug-likeness (QED) is 0.159. The molecule has 0 atom stereocenters. The Morgan fingerprint density at radius 2 is 1.58 bits per heavy atom. The lowest BCUT2D eigenvalue weighted by Gasteiger charge is -2.34. The fourth-order valence-corrected chi connectivity index (χ4v) is 7.25. The molecule has 50 heavy (non-hydrogen) atoms. The lowest BCUT2D eigenvalue weighted by atomic mass is 10.2. The van der Waals surface area contributed by atoms with Gasteiger partial charge < -0.3 is 18.9 Å². The van der Waals surface area contributed by atoms with Gasteiger partial charge in [-0.05, 0) is 60.2 Å². The summed E-state index contributed by atoms with van der Waals surface area (Å²) in [5.41, 5.74) is 2.45. The molecule has 0 unspecified atom stereocenters. The van der Waals surface area contributed by atoms with Crippen LogP contribution in [0.1, 0.15) is 16.1 Å². The Bertz CT molecular complexity index is 2100. The molecule has 3 heterocycles. The lowest BCUT2D eigenvalue weighted by molar-refractivity contribution is -0.153. The highest BCUT2D eigenvalue weighted by Gasteiger charge is 2.28. The van der Waals surface area contributed by atoms with E-state index in [-0.39, 0.29) is 38.2 Å². The minimum absolute atomic E-state index is 0.0885. The Balaban J connectivity index is 1.04. The molecule has 0 radical (unpaired) electrons. The second-order valence-corrected chi connectivity index (χ2v) is 14.2. The van der Waals surface area contributed by atoms with E-state index in [4.69, 9.17) is 32.7 Å². The molecule has 0 spiro atoms. The van der Waals surface area contributed by atoms with Crippen LogP contribution in [0.2, 0.25) is 10.0 Å². The number of amides is 1. The van der Waals surface area contributed by atoms with Gasteiger partial charge in [0.25, 0.3) is 15.9 Å². The van der Waals surface area contributed by atoms with Gasteiger partial charge in [-0.1, -0.05) is 35.3 Å². The van der Waals surface area contributed by atoms with Crippen LogP contribution >= 0.6 is 23.2 Å². The number of halogens is 5. The van der Waals surface area contributed by atoms with Crippen LogP contribution < -0.4 is 14.2 Å². The zero-order valence-corrected chi connectivity index (χ0v) is 28.8. The van der Waals surface area contributed by atoms with Crippen molar-refractivity contribution in [2.75, 3.05) is 37.5 Å². The number of anilines is 1. The third-order valence-corrected chi connectivity index (χ3v) is 9.78. The highest BCUT2D eigenvalue weighted by molar-refractivity contribution is 7.92. The molecule has 1 aliphatic rings. The smallest absolute Gasteiger partial charge is 0.422 e. The third-order valence-electron chi connectivity index (χ3n) is 7.98. The van der Waals surface area contributed by atoms with Crippen molar-refractivity contribution < 1.29 is 35.9 Å². The Morgan fingerprint density at radius 1 is 0.900 bits per heavy atom. The minimum Gasteiger partial charge on any atom is -0.484 e. The molecule has 1 fully saturated rings. The summed E-state index contributed by atoms with van der Waals surface area (Å²) in [6, 6.07) is 20.8. The molecule has 3 aromatic carbocycles. The van der Waals surface area contributed by atoms with Crippen molar-refractivity contribution in [3.63, 3.8) is 0 Å². The average molecular weight is 749 g/mol. The monoisotopic (exact) mass is 747 g/mol. The van der Waals surface area contributed by atoms with E-state index in [1.807, 2.05) is 23.7 Å². The fraction of sp³-hybridized carbons (Fsp3) is 0.235. The van der Waals surface area contributed by atoms with Crippen LogP contribution in [0.3, 0.4) is 0 Å². The number of carbonyl (C=O) groups is 1. The normalized spacial score (nSPS) is 14.2. The zero-order valence-electron chi connectivity index (χ0n) is 26.5. The molecular weight excluding hydrogens is 718 g/mol. The number of ether oxygens (including phenoxy) is 2. The second kappa shape index (κ2) is 14.4. The first kappa shape index (κ1) is 35.3. The topological polar surface area (TPSA) is 106 Å². The van der Waals surface area contributed by atoms with Crippen molar-refractivity contribution in [1.82, 2.24) is 19.4 Å². The van der Waals surface area contributed by atoms with E-state index < -0.39 is 22.8 Å². The molecule has 6 rings (SSSR count). The largest absolute Gasteiger partial charge is 0.484 e. The summed E-state index contributed by atoms with van der Waals surface area (Å²) in [4.78, 5) is 21.7. The summed E-state index contributed by atoms with van der Waals surface area (Å²) in [5.74, 6) is 0.760. The number of hydrogen-bond donors (Lipinski definition) is 1. The van der Waals surface area contributed by atoms with Gasteiger partial charge in [0.05, 0.1) is 22.3 Å². The number of hydrogen-bond acceptors (Lipinski definition) is 7. The molecule has 5 aromatic rings. The van der Waals surface area contributed by atoms with Crippen LogP contribution in [-0.2, 0) is 23.6 Å². The van der Waals surface area contributed by atoms with Gasteiger partial charge in [-0.2, -0.15) is 13.2 Å². The maximum Gasteiger partial charge on any atom is 0.422 e. The third kappa shape index (κ3) is 8.62. The molecule has 1 amide bonds. The summed E-state index contributed by atoms with van der Waals surface area (Å²) in [5, 5.41) is 1.23. The van der Waals surface area contributed by atoms with Crippen LogP contribution in [0, 0.1) is 0 Å². The number of sulfonamides is 1. The van der Waals surface area contributed by atoms with E-state index in [0.717, 1.165) is 16.5 Å². The number of rotatable bonds is 10. The van der Waals surface area contributed by atoms with E-state index in [0.29, 0.717) is 44.2 Å². The van der Waals surface area contributed by atoms with Gasteiger partial charge >= 0.3 is 6.18 Å². The van der Waals surface area contributed by atoms with E-state index in [2.05, 4.69) is 14.6 Å². The predicted octanol–water partition coefficient (Wildman–Crippen LogP) is 7.37. The van der Waals surface area contributed by atoms with Gasteiger partial charge in [-0.15, -0.1) is 0 Å². The SMILES string of the molecule is Cn1c(C(=O)N2CCN(Cc3ccc(OCC(F)(F)F)cc3)CC2)cc2ccc(Oc3ccc(NS(=O)(=O)c4cc(Cl)cc(Cl)c4)cn3)cc21. The van der Waals surface area contributed by atoms with Gasteiger partial charge in [0.1, 0.15) is 17.2 Å². The molecule has 262 valence electrons. The maximum atomic E-state index is 13.5. The van der Waals surface area contributed by atoms with E-state index in [9.17, 15) is 26.4 Å².